The SMILES string of the molecule is CCC(C)n1c(=O)[nH]c2cc(C(F)(F)F)ccc21. The van der Waals surface area contributed by atoms with Gasteiger partial charge >= 0.3 is 11.9 Å². The van der Waals surface area contributed by atoms with Gasteiger partial charge in [-0.25, -0.2) is 4.79 Å². The average molecular weight is 258 g/mol. The van der Waals surface area contributed by atoms with Crippen LogP contribution in [0.2, 0.25) is 0 Å². The van der Waals surface area contributed by atoms with E-state index in [2.05, 4.69) is 4.98 Å². The van der Waals surface area contributed by atoms with Gasteiger partial charge in [-0.1, -0.05) is 6.92 Å². The van der Waals surface area contributed by atoms with Gasteiger partial charge in [-0.05, 0) is 31.5 Å². The molecular weight excluding hydrogens is 245 g/mol. The third-order valence-electron chi connectivity index (χ3n) is 3.08. The average Bonchev–Trinajstić information content (AvgIpc) is 2.61. The first-order valence-corrected chi connectivity index (χ1v) is 5.66. The molecule has 1 unspecified atom stereocenters. The topological polar surface area (TPSA) is 37.8 Å². The minimum atomic E-state index is -4.40. The summed E-state index contributed by atoms with van der Waals surface area (Å²) < 4.78 is 39.1. The molecule has 0 saturated carbocycles. The molecule has 0 spiro atoms. The van der Waals surface area contributed by atoms with Crippen molar-refractivity contribution >= 4 is 11.0 Å². The second-order valence-corrected chi connectivity index (χ2v) is 4.29. The summed E-state index contributed by atoms with van der Waals surface area (Å²) in [5, 5.41) is 0. The second kappa shape index (κ2) is 4.19. The molecule has 2 aromatic rings. The number of benzene rings is 1. The Bertz CT molecular complexity index is 624. The molecule has 2 rings (SSSR count). The van der Waals surface area contributed by atoms with Crippen molar-refractivity contribution in [2.24, 2.45) is 0 Å². The number of aromatic nitrogens is 2. The number of rotatable bonds is 2. The molecule has 0 saturated heterocycles. The van der Waals surface area contributed by atoms with Gasteiger partial charge in [0.25, 0.3) is 0 Å². The molecule has 3 nitrogen and oxygen atoms in total. The lowest BCUT2D eigenvalue weighted by Crippen LogP contribution is -2.19. The van der Waals surface area contributed by atoms with Gasteiger partial charge in [0, 0.05) is 6.04 Å². The van der Waals surface area contributed by atoms with Crippen molar-refractivity contribution in [3.8, 4) is 0 Å². The Morgan fingerprint density at radius 2 is 2.06 bits per heavy atom. The molecule has 98 valence electrons. The van der Waals surface area contributed by atoms with Crippen LogP contribution in [0.1, 0.15) is 31.9 Å². The standard InChI is InChI=1S/C12H13F3N2O/c1-3-7(2)17-10-5-4-8(12(13,14)15)6-9(10)16-11(17)18/h4-7H,3H2,1-2H3,(H,16,18). The molecule has 1 aromatic heterocycles. The van der Waals surface area contributed by atoms with E-state index >= 15 is 0 Å². The molecule has 0 radical (unpaired) electrons. The molecule has 0 aliphatic rings. The maximum Gasteiger partial charge on any atom is 0.416 e. The molecule has 0 aliphatic heterocycles. The molecule has 1 atom stereocenters. The van der Waals surface area contributed by atoms with E-state index in [1.54, 1.807) is 0 Å². The Hall–Kier alpha value is -1.72. The van der Waals surface area contributed by atoms with Gasteiger partial charge in [0.05, 0.1) is 16.6 Å². The highest BCUT2D eigenvalue weighted by Gasteiger charge is 2.31. The number of fused-ring (bicyclic) bond motifs is 1. The monoisotopic (exact) mass is 258 g/mol. The normalized spacial score (nSPS) is 14.1. The summed E-state index contributed by atoms with van der Waals surface area (Å²) in [6, 6.07) is 3.25. The van der Waals surface area contributed by atoms with E-state index in [9.17, 15) is 18.0 Å². The Morgan fingerprint density at radius 3 is 2.61 bits per heavy atom. The lowest BCUT2D eigenvalue weighted by molar-refractivity contribution is -0.137. The van der Waals surface area contributed by atoms with Crippen molar-refractivity contribution in [3.05, 3.63) is 34.2 Å². The summed E-state index contributed by atoms with van der Waals surface area (Å²) in [7, 11) is 0. The maximum atomic E-state index is 12.5. The zero-order valence-corrected chi connectivity index (χ0v) is 10.0. The van der Waals surface area contributed by atoms with Crippen molar-refractivity contribution in [1.82, 2.24) is 9.55 Å². The highest BCUT2D eigenvalue weighted by molar-refractivity contribution is 5.76. The van der Waals surface area contributed by atoms with Crippen LogP contribution in [0.25, 0.3) is 11.0 Å². The van der Waals surface area contributed by atoms with Gasteiger partial charge in [-0.2, -0.15) is 13.2 Å². The number of hydrogen-bond acceptors (Lipinski definition) is 1. The van der Waals surface area contributed by atoms with E-state index in [1.165, 1.54) is 10.6 Å². The summed E-state index contributed by atoms with van der Waals surface area (Å²) in [6.07, 6.45) is -3.67. The van der Waals surface area contributed by atoms with E-state index in [0.717, 1.165) is 18.6 Å². The van der Waals surface area contributed by atoms with Crippen LogP contribution in [0.5, 0.6) is 0 Å². The molecule has 0 bridgehead atoms. The van der Waals surface area contributed by atoms with E-state index in [1.807, 2.05) is 13.8 Å². The number of H-pyrrole nitrogens is 1. The first-order valence-electron chi connectivity index (χ1n) is 5.66. The van der Waals surface area contributed by atoms with Gasteiger partial charge in [0.2, 0.25) is 0 Å². The smallest absolute Gasteiger partial charge is 0.306 e. The van der Waals surface area contributed by atoms with Gasteiger partial charge < -0.3 is 4.98 Å². The highest BCUT2D eigenvalue weighted by atomic mass is 19.4. The van der Waals surface area contributed by atoms with Crippen LogP contribution in [0.15, 0.2) is 23.0 Å². The summed E-state index contributed by atoms with van der Waals surface area (Å²) in [4.78, 5) is 14.2. The number of halogens is 3. The van der Waals surface area contributed by atoms with Gasteiger partial charge in [0.1, 0.15) is 0 Å². The van der Waals surface area contributed by atoms with Crippen molar-refractivity contribution in [3.63, 3.8) is 0 Å². The fraction of sp³-hybridized carbons (Fsp3) is 0.417. The number of hydrogen-bond donors (Lipinski definition) is 1. The molecule has 6 heteroatoms. The quantitative estimate of drug-likeness (QED) is 0.881. The van der Waals surface area contributed by atoms with E-state index in [4.69, 9.17) is 0 Å². The van der Waals surface area contributed by atoms with E-state index < -0.39 is 11.7 Å². The van der Waals surface area contributed by atoms with Gasteiger partial charge in [0.15, 0.2) is 0 Å². The number of nitrogens with zero attached hydrogens (tertiary/aromatic N) is 1. The Labute approximate surface area is 101 Å². The second-order valence-electron chi connectivity index (χ2n) is 4.29. The summed E-state index contributed by atoms with van der Waals surface area (Å²) in [5.74, 6) is 0. The molecule has 1 aromatic carbocycles. The number of imidazole rings is 1. The van der Waals surface area contributed by atoms with Crippen LogP contribution in [0, 0.1) is 0 Å². The summed E-state index contributed by atoms with van der Waals surface area (Å²) in [6.45, 7) is 3.77. The predicted octanol–water partition coefficient (Wildman–Crippen LogP) is 3.32. The molecular formula is C12H13F3N2O. The van der Waals surface area contributed by atoms with Gasteiger partial charge in [-0.15, -0.1) is 0 Å². The largest absolute Gasteiger partial charge is 0.416 e. The molecule has 1 N–H and O–H groups in total. The first kappa shape index (κ1) is 12.7. The van der Waals surface area contributed by atoms with Crippen LogP contribution < -0.4 is 5.69 Å². The van der Waals surface area contributed by atoms with Crippen LogP contribution in [0.3, 0.4) is 0 Å². The molecule has 18 heavy (non-hydrogen) atoms. The van der Waals surface area contributed by atoms with Crippen LogP contribution in [0.4, 0.5) is 13.2 Å². The zero-order valence-electron chi connectivity index (χ0n) is 10.0. The molecule has 0 aliphatic carbocycles. The van der Waals surface area contributed by atoms with Crippen molar-refractivity contribution in [2.75, 3.05) is 0 Å². The van der Waals surface area contributed by atoms with Crippen LogP contribution >= 0.6 is 0 Å². The first-order chi connectivity index (χ1) is 8.34. The molecule has 0 amide bonds. The minimum Gasteiger partial charge on any atom is -0.306 e. The zero-order chi connectivity index (χ0) is 13.5. The van der Waals surface area contributed by atoms with Crippen molar-refractivity contribution in [1.29, 1.82) is 0 Å². The van der Waals surface area contributed by atoms with Crippen LogP contribution in [-0.4, -0.2) is 9.55 Å². The maximum absolute atomic E-state index is 12.5. The van der Waals surface area contributed by atoms with E-state index in [0.29, 0.717) is 5.52 Å². The van der Waals surface area contributed by atoms with E-state index in [-0.39, 0.29) is 17.2 Å². The Kier molecular flexibility index (Phi) is 2.96. The number of aromatic amines is 1. The highest BCUT2D eigenvalue weighted by Crippen LogP contribution is 2.31. The van der Waals surface area contributed by atoms with Crippen molar-refractivity contribution < 1.29 is 13.2 Å². The Balaban J connectivity index is 2.66. The van der Waals surface area contributed by atoms with Gasteiger partial charge in [-0.3, -0.25) is 4.57 Å². The summed E-state index contributed by atoms with van der Waals surface area (Å²) in [5.41, 5.74) is -0.413. The number of nitrogens with one attached hydrogen (secondary N) is 1. The third-order valence-corrected chi connectivity index (χ3v) is 3.08. The fourth-order valence-corrected chi connectivity index (χ4v) is 1.93. The molecule has 1 heterocycles. The minimum absolute atomic E-state index is 0.0528. The number of alkyl halides is 3. The van der Waals surface area contributed by atoms with Crippen molar-refractivity contribution in [2.45, 2.75) is 32.5 Å². The third kappa shape index (κ3) is 2.02. The predicted molar refractivity (Wildman–Crippen MR) is 62.6 cm³/mol. The summed E-state index contributed by atoms with van der Waals surface area (Å²) >= 11 is 0. The Morgan fingerprint density at radius 1 is 1.39 bits per heavy atom. The fourth-order valence-electron chi connectivity index (χ4n) is 1.93. The van der Waals surface area contributed by atoms with Crippen LogP contribution in [-0.2, 0) is 6.18 Å². The lowest BCUT2D eigenvalue weighted by Gasteiger charge is -2.11. The lowest BCUT2D eigenvalue weighted by atomic mass is 10.2. The molecule has 0 fully saturated rings.